The third-order valence-corrected chi connectivity index (χ3v) is 13.6. The predicted octanol–water partition coefficient (Wildman–Crippen LogP) is 18.6. The first-order valence-electron chi connectivity index (χ1n) is 26.9. The Bertz CT molecular complexity index is 2080. The molecule has 0 radical (unpaired) electrons. The van der Waals surface area contributed by atoms with Crippen LogP contribution in [0.25, 0.3) is 0 Å². The van der Waals surface area contributed by atoms with Crippen LogP contribution in [0.3, 0.4) is 0 Å². The SMILES string of the molecule is CCCCCCCCCCCCCCCCCCc1c(C(=O)O)cc(C(C)(C)C)c(O)c1C(C)(C)C.Cc1cc(C(C)(C)C)cc(C(C)(C)C)c1OC(=O)c1cc(C(C)(C)C)c(O)c(C(C)(C)C)c1. The molecule has 0 bridgehead atoms. The highest BCUT2D eigenvalue weighted by molar-refractivity contribution is 5.93. The Kier molecular flexibility index (Phi) is 22.7. The summed E-state index contributed by atoms with van der Waals surface area (Å²) >= 11 is 0. The molecule has 3 rings (SSSR count). The number of carbonyl (C=O) groups is 2. The standard InChI is InChI=1S/C33H58O3.C30H44O3/c1-8-9-10-11-12-13-14-15-16-17-18-19-20-21-22-23-24-26-27(31(35)36)25-28(32(2,3)4)30(34)29(26)33(5,6)7;1-18-14-20(27(2,3)4)17-23(30(11,12)13)25(18)33-26(32)19-15-21(28(5,6)7)24(31)22(16-19)29(8,9)10/h25,34H,8-24H2,1-7H3,(H,35,36);14-17,31H,1-13H3. The zero-order chi connectivity index (χ0) is 52.9. The summed E-state index contributed by atoms with van der Waals surface area (Å²) < 4.78 is 6.11. The first-order chi connectivity index (χ1) is 31.5. The minimum Gasteiger partial charge on any atom is -0.507 e. The first-order valence-corrected chi connectivity index (χ1v) is 26.9. The lowest BCUT2D eigenvalue weighted by Crippen LogP contribution is -2.22. The van der Waals surface area contributed by atoms with Gasteiger partial charge < -0.3 is 20.1 Å². The Morgan fingerprint density at radius 2 is 0.841 bits per heavy atom. The van der Waals surface area contributed by atoms with Crippen molar-refractivity contribution in [1.82, 2.24) is 0 Å². The van der Waals surface area contributed by atoms with Crippen molar-refractivity contribution in [3.05, 3.63) is 86.0 Å². The molecule has 0 fully saturated rings. The van der Waals surface area contributed by atoms with Crippen LogP contribution in [0.1, 0.15) is 300 Å². The van der Waals surface area contributed by atoms with Crippen LogP contribution in [-0.2, 0) is 38.9 Å². The van der Waals surface area contributed by atoms with E-state index in [1.807, 2.05) is 69.2 Å². The molecule has 6 nitrogen and oxygen atoms in total. The molecule has 0 heterocycles. The maximum atomic E-state index is 13.5. The topological polar surface area (TPSA) is 104 Å². The van der Waals surface area contributed by atoms with Crippen LogP contribution >= 0.6 is 0 Å². The average molecular weight is 956 g/mol. The van der Waals surface area contributed by atoms with Crippen LogP contribution in [0.5, 0.6) is 17.2 Å². The summed E-state index contributed by atoms with van der Waals surface area (Å²) in [6.45, 7) is 41.8. The number of esters is 1. The van der Waals surface area contributed by atoms with Gasteiger partial charge in [-0.3, -0.25) is 0 Å². The fourth-order valence-corrected chi connectivity index (χ4v) is 9.34. The van der Waals surface area contributed by atoms with E-state index in [2.05, 4.69) is 81.4 Å². The Morgan fingerprint density at radius 1 is 0.464 bits per heavy atom. The van der Waals surface area contributed by atoms with Crippen LogP contribution in [0.4, 0.5) is 0 Å². The number of hydrogen-bond donors (Lipinski definition) is 3. The highest BCUT2D eigenvalue weighted by atomic mass is 16.5. The minimum atomic E-state index is -0.891. The number of aromatic carboxylic acids is 1. The zero-order valence-electron chi connectivity index (χ0n) is 48.0. The van der Waals surface area contributed by atoms with Gasteiger partial charge in [0.05, 0.1) is 11.1 Å². The van der Waals surface area contributed by atoms with Crippen LogP contribution in [-0.4, -0.2) is 27.3 Å². The molecule has 6 heteroatoms. The summed E-state index contributed by atoms with van der Waals surface area (Å²) in [7, 11) is 0. The average Bonchev–Trinajstić information content (AvgIpc) is 3.18. The van der Waals surface area contributed by atoms with E-state index >= 15 is 0 Å². The van der Waals surface area contributed by atoms with Crippen molar-refractivity contribution in [2.45, 2.75) is 280 Å². The van der Waals surface area contributed by atoms with E-state index in [-0.39, 0.29) is 44.0 Å². The van der Waals surface area contributed by atoms with Crippen molar-refractivity contribution < 1.29 is 29.6 Å². The predicted molar refractivity (Wildman–Crippen MR) is 295 cm³/mol. The summed E-state index contributed by atoms with van der Waals surface area (Å²) in [5, 5.41) is 32.2. The summed E-state index contributed by atoms with van der Waals surface area (Å²) in [5.74, 6) is -0.122. The van der Waals surface area contributed by atoms with E-state index in [0.29, 0.717) is 23.3 Å². The van der Waals surface area contributed by atoms with Crippen molar-refractivity contribution >= 4 is 11.9 Å². The molecular weight excluding hydrogens is 853 g/mol. The van der Waals surface area contributed by atoms with Gasteiger partial charge in [0.25, 0.3) is 0 Å². The second kappa shape index (κ2) is 25.5. The van der Waals surface area contributed by atoms with Gasteiger partial charge in [0.15, 0.2) is 0 Å². The smallest absolute Gasteiger partial charge is 0.343 e. The van der Waals surface area contributed by atoms with Gasteiger partial charge in [0, 0.05) is 27.8 Å². The van der Waals surface area contributed by atoms with Crippen molar-refractivity contribution in [3.63, 3.8) is 0 Å². The van der Waals surface area contributed by atoms with Crippen LogP contribution in [0.2, 0.25) is 0 Å². The van der Waals surface area contributed by atoms with Crippen LogP contribution in [0, 0.1) is 6.92 Å². The summed E-state index contributed by atoms with van der Waals surface area (Å²) in [6.07, 6.45) is 21.9. The molecule has 69 heavy (non-hydrogen) atoms. The number of phenolic OH excluding ortho intramolecular Hbond substituents is 2. The maximum absolute atomic E-state index is 13.5. The van der Waals surface area contributed by atoms with Crippen LogP contribution < -0.4 is 4.74 Å². The third kappa shape index (κ3) is 19.0. The lowest BCUT2D eigenvalue weighted by Gasteiger charge is -2.31. The Hall–Kier alpha value is -3.80. The van der Waals surface area contributed by atoms with Gasteiger partial charge in [-0.15, -0.1) is 0 Å². The molecular formula is C63H102O6. The lowest BCUT2D eigenvalue weighted by molar-refractivity contribution is 0.0692. The largest absolute Gasteiger partial charge is 0.507 e. The Balaban J connectivity index is 0.000000475. The number of ether oxygens (including phenoxy) is 1. The molecule has 390 valence electrons. The fourth-order valence-electron chi connectivity index (χ4n) is 9.34. The van der Waals surface area contributed by atoms with Gasteiger partial charge in [-0.1, -0.05) is 240 Å². The van der Waals surface area contributed by atoms with Gasteiger partial charge in [0.1, 0.15) is 17.2 Å². The Morgan fingerprint density at radius 3 is 1.19 bits per heavy atom. The number of aromatic hydroxyl groups is 2. The molecule has 3 aromatic carbocycles. The number of carboxylic acid groups (broad SMARTS) is 1. The second-order valence-electron chi connectivity index (χ2n) is 26.5. The van der Waals surface area contributed by atoms with Crippen molar-refractivity contribution in [3.8, 4) is 17.2 Å². The molecule has 0 amide bonds. The second-order valence-corrected chi connectivity index (χ2v) is 26.5. The number of rotatable bonds is 20. The summed E-state index contributed by atoms with van der Waals surface area (Å²) in [4.78, 5) is 25.7. The van der Waals surface area contributed by atoms with Crippen molar-refractivity contribution in [1.29, 1.82) is 0 Å². The van der Waals surface area contributed by atoms with E-state index in [1.165, 1.54) is 95.5 Å². The highest BCUT2D eigenvalue weighted by Gasteiger charge is 2.33. The van der Waals surface area contributed by atoms with Gasteiger partial charge in [-0.05, 0) is 87.1 Å². The number of benzene rings is 3. The number of carbonyl (C=O) groups excluding carboxylic acids is 1. The monoisotopic (exact) mass is 955 g/mol. The van der Waals surface area contributed by atoms with Crippen molar-refractivity contribution in [2.75, 3.05) is 0 Å². The van der Waals surface area contributed by atoms with Gasteiger partial charge in [-0.25, -0.2) is 9.59 Å². The molecule has 0 aromatic heterocycles. The number of aryl methyl sites for hydroxylation is 1. The molecule has 0 saturated carbocycles. The molecule has 0 aliphatic heterocycles. The lowest BCUT2D eigenvalue weighted by atomic mass is 9.74. The van der Waals surface area contributed by atoms with Crippen LogP contribution in [0.15, 0.2) is 30.3 Å². The molecule has 0 spiro atoms. The van der Waals surface area contributed by atoms with E-state index in [4.69, 9.17) is 4.74 Å². The summed E-state index contributed by atoms with van der Waals surface area (Å²) in [5.41, 5.74) is 6.40. The molecule has 0 unspecified atom stereocenters. The van der Waals surface area contributed by atoms with Crippen molar-refractivity contribution in [2.24, 2.45) is 0 Å². The number of hydrogen-bond acceptors (Lipinski definition) is 5. The fraction of sp³-hybridized carbons (Fsp3) is 0.683. The molecule has 0 atom stereocenters. The number of phenols is 2. The molecule has 0 saturated heterocycles. The van der Waals surface area contributed by atoms with E-state index < -0.39 is 11.9 Å². The Labute approximate surface area is 423 Å². The zero-order valence-corrected chi connectivity index (χ0v) is 48.0. The minimum absolute atomic E-state index is 0.00647. The van der Waals surface area contributed by atoms with E-state index in [9.17, 15) is 24.9 Å². The molecule has 0 aliphatic carbocycles. The summed E-state index contributed by atoms with van der Waals surface area (Å²) in [6, 6.07) is 9.57. The van der Waals surface area contributed by atoms with E-state index in [0.717, 1.165) is 51.8 Å². The normalized spacial score (nSPS) is 12.8. The van der Waals surface area contributed by atoms with Gasteiger partial charge in [0.2, 0.25) is 0 Å². The first kappa shape index (κ1) is 61.3. The number of unbranched alkanes of at least 4 members (excludes halogenated alkanes) is 15. The quantitative estimate of drug-likeness (QED) is 0.0592. The maximum Gasteiger partial charge on any atom is 0.343 e. The highest BCUT2D eigenvalue weighted by Crippen LogP contribution is 2.44. The number of carboxylic acids is 1. The third-order valence-electron chi connectivity index (χ3n) is 13.6. The van der Waals surface area contributed by atoms with Gasteiger partial charge >= 0.3 is 11.9 Å². The molecule has 3 N–H and O–H groups in total. The van der Waals surface area contributed by atoms with E-state index in [1.54, 1.807) is 18.2 Å². The molecule has 0 aliphatic rings. The molecule has 3 aromatic rings. The van der Waals surface area contributed by atoms with Gasteiger partial charge in [-0.2, -0.15) is 0 Å².